The molecule has 1 atom stereocenters. The second kappa shape index (κ2) is 8.53. The van der Waals surface area contributed by atoms with Crippen molar-refractivity contribution in [2.75, 3.05) is 19.6 Å². The number of amides is 1. The highest BCUT2D eigenvalue weighted by molar-refractivity contribution is 5.77. The zero-order valence-electron chi connectivity index (χ0n) is 16.6. The first-order valence-electron chi connectivity index (χ1n) is 10.00. The molecular weight excluding hydrogens is 366 g/mol. The largest absolute Gasteiger partial charge is 0.337 e. The van der Waals surface area contributed by atoms with Crippen LogP contribution in [0.3, 0.4) is 0 Å². The number of benzene rings is 2. The number of rotatable bonds is 5. The summed E-state index contributed by atoms with van der Waals surface area (Å²) in [5.41, 5.74) is 1.65. The van der Waals surface area contributed by atoms with E-state index in [4.69, 9.17) is 0 Å². The fourth-order valence-electron chi connectivity index (χ4n) is 3.90. The number of carbonyl (C=O) groups is 1. The maximum absolute atomic E-state index is 12.8. The zero-order valence-corrected chi connectivity index (χ0v) is 16.6. The van der Waals surface area contributed by atoms with Gasteiger partial charge < -0.3 is 4.90 Å². The van der Waals surface area contributed by atoms with E-state index in [9.17, 15) is 9.59 Å². The summed E-state index contributed by atoms with van der Waals surface area (Å²) in [7, 11) is 0. The van der Waals surface area contributed by atoms with Gasteiger partial charge in [0, 0.05) is 38.6 Å². The van der Waals surface area contributed by atoms with Gasteiger partial charge in [-0.2, -0.15) is 0 Å². The van der Waals surface area contributed by atoms with Crippen LogP contribution in [-0.2, 0) is 17.9 Å². The predicted molar refractivity (Wildman–Crippen MR) is 111 cm³/mol. The van der Waals surface area contributed by atoms with Crippen molar-refractivity contribution in [2.24, 2.45) is 0 Å². The van der Waals surface area contributed by atoms with Crippen molar-refractivity contribution in [1.82, 2.24) is 24.8 Å². The Morgan fingerprint density at radius 3 is 2.62 bits per heavy atom. The molecule has 1 aromatic heterocycles. The number of hydrogen-bond donors (Lipinski definition) is 0. The Kier molecular flexibility index (Phi) is 5.67. The standard InChI is InChI=1S/C22H25N5O2/c1-17-15-25(16-18-7-3-2-4-8-18)13-14-26(17)21(28)11-12-27-22(29)19-9-5-6-10-20(19)23-24-27/h2-10,17H,11-16H2,1H3. The van der Waals surface area contributed by atoms with Crippen molar-refractivity contribution in [3.8, 4) is 0 Å². The first kappa shape index (κ1) is 19.3. The smallest absolute Gasteiger partial charge is 0.277 e. The molecule has 0 spiro atoms. The molecule has 0 aliphatic carbocycles. The van der Waals surface area contributed by atoms with Crippen LogP contribution in [0.2, 0.25) is 0 Å². The van der Waals surface area contributed by atoms with Crippen molar-refractivity contribution < 1.29 is 4.79 Å². The number of piperazine rings is 1. The Morgan fingerprint density at radius 1 is 1.07 bits per heavy atom. The summed E-state index contributed by atoms with van der Waals surface area (Å²) in [5.74, 6) is 0.0544. The summed E-state index contributed by atoms with van der Waals surface area (Å²) >= 11 is 0. The van der Waals surface area contributed by atoms with Gasteiger partial charge in [-0.15, -0.1) is 5.10 Å². The molecule has 1 amide bonds. The lowest BCUT2D eigenvalue weighted by molar-refractivity contribution is -0.136. The Hall–Kier alpha value is -3.06. The van der Waals surface area contributed by atoms with Crippen LogP contribution in [-0.4, -0.2) is 56.4 Å². The summed E-state index contributed by atoms with van der Waals surface area (Å²) < 4.78 is 1.29. The summed E-state index contributed by atoms with van der Waals surface area (Å²) in [6.45, 7) is 5.61. The lowest BCUT2D eigenvalue weighted by Gasteiger charge is -2.40. The van der Waals surface area contributed by atoms with Gasteiger partial charge in [-0.3, -0.25) is 14.5 Å². The average Bonchev–Trinajstić information content (AvgIpc) is 2.74. The van der Waals surface area contributed by atoms with Crippen molar-refractivity contribution in [3.05, 3.63) is 70.5 Å². The molecule has 0 N–H and O–H groups in total. The van der Waals surface area contributed by atoms with Crippen LogP contribution in [0.4, 0.5) is 0 Å². The Morgan fingerprint density at radius 2 is 1.83 bits per heavy atom. The van der Waals surface area contributed by atoms with Crippen LogP contribution < -0.4 is 5.56 Å². The van der Waals surface area contributed by atoms with Gasteiger partial charge in [-0.25, -0.2) is 4.68 Å². The number of carbonyl (C=O) groups excluding carboxylic acids is 1. The normalized spacial score (nSPS) is 17.6. The molecule has 0 radical (unpaired) electrons. The molecule has 1 saturated heterocycles. The van der Waals surface area contributed by atoms with Crippen LogP contribution in [0.25, 0.3) is 10.9 Å². The minimum atomic E-state index is -0.205. The number of aryl methyl sites for hydroxylation is 1. The third-order valence-electron chi connectivity index (χ3n) is 5.45. The zero-order chi connectivity index (χ0) is 20.2. The van der Waals surface area contributed by atoms with Gasteiger partial charge in [0.1, 0.15) is 5.52 Å². The molecule has 150 valence electrons. The molecule has 2 heterocycles. The van der Waals surface area contributed by atoms with Gasteiger partial charge in [-0.1, -0.05) is 47.7 Å². The van der Waals surface area contributed by atoms with E-state index in [-0.39, 0.29) is 30.5 Å². The van der Waals surface area contributed by atoms with Gasteiger partial charge >= 0.3 is 0 Å². The fourth-order valence-corrected chi connectivity index (χ4v) is 3.90. The van der Waals surface area contributed by atoms with Crippen molar-refractivity contribution in [3.63, 3.8) is 0 Å². The van der Waals surface area contributed by atoms with Gasteiger partial charge in [0.2, 0.25) is 5.91 Å². The van der Waals surface area contributed by atoms with E-state index < -0.39 is 0 Å². The molecule has 1 unspecified atom stereocenters. The molecule has 7 heteroatoms. The van der Waals surface area contributed by atoms with Gasteiger partial charge in [0.05, 0.1) is 11.9 Å². The average molecular weight is 391 g/mol. The van der Waals surface area contributed by atoms with E-state index in [2.05, 4.69) is 46.4 Å². The summed E-state index contributed by atoms with van der Waals surface area (Å²) in [6, 6.07) is 17.6. The van der Waals surface area contributed by atoms with Crippen molar-refractivity contribution in [1.29, 1.82) is 0 Å². The first-order valence-corrected chi connectivity index (χ1v) is 10.00. The first-order chi connectivity index (χ1) is 14.1. The monoisotopic (exact) mass is 391 g/mol. The second-order valence-electron chi connectivity index (χ2n) is 7.54. The van der Waals surface area contributed by atoms with E-state index in [1.807, 2.05) is 17.0 Å². The molecule has 0 saturated carbocycles. The molecule has 3 aromatic rings. The van der Waals surface area contributed by atoms with E-state index in [1.54, 1.807) is 18.2 Å². The minimum absolute atomic E-state index is 0.0544. The van der Waals surface area contributed by atoms with Gasteiger partial charge in [0.25, 0.3) is 5.56 Å². The molecule has 1 aliphatic rings. The van der Waals surface area contributed by atoms with Crippen LogP contribution in [0, 0.1) is 0 Å². The highest BCUT2D eigenvalue weighted by Crippen LogP contribution is 2.14. The lowest BCUT2D eigenvalue weighted by Crippen LogP contribution is -2.53. The van der Waals surface area contributed by atoms with Gasteiger partial charge in [-0.05, 0) is 24.6 Å². The number of fused-ring (bicyclic) bond motifs is 1. The molecule has 1 fully saturated rings. The van der Waals surface area contributed by atoms with Crippen LogP contribution >= 0.6 is 0 Å². The lowest BCUT2D eigenvalue weighted by atomic mass is 10.1. The SMILES string of the molecule is CC1CN(Cc2ccccc2)CCN1C(=O)CCn1nnc2ccccc2c1=O. The predicted octanol–water partition coefficient (Wildman–Crippen LogP) is 1.91. The maximum atomic E-state index is 12.8. The van der Waals surface area contributed by atoms with E-state index >= 15 is 0 Å². The second-order valence-corrected chi connectivity index (χ2v) is 7.54. The molecular formula is C22H25N5O2. The molecule has 2 aromatic carbocycles. The van der Waals surface area contributed by atoms with Crippen molar-refractivity contribution >= 4 is 16.8 Å². The molecule has 1 aliphatic heterocycles. The van der Waals surface area contributed by atoms with E-state index in [1.165, 1.54) is 10.2 Å². The third kappa shape index (κ3) is 4.35. The number of hydrogen-bond acceptors (Lipinski definition) is 5. The highest BCUT2D eigenvalue weighted by atomic mass is 16.2. The van der Waals surface area contributed by atoms with Crippen molar-refractivity contribution in [2.45, 2.75) is 32.5 Å². The Balaban J connectivity index is 1.35. The topological polar surface area (TPSA) is 71.3 Å². The summed E-state index contributed by atoms with van der Waals surface area (Å²) in [6.07, 6.45) is 0.246. The molecule has 4 rings (SSSR count). The quantitative estimate of drug-likeness (QED) is 0.665. The number of aromatic nitrogens is 3. The number of nitrogens with zero attached hydrogens (tertiary/aromatic N) is 5. The Bertz CT molecular complexity index is 1050. The summed E-state index contributed by atoms with van der Waals surface area (Å²) in [5, 5.41) is 8.58. The molecule has 29 heavy (non-hydrogen) atoms. The summed E-state index contributed by atoms with van der Waals surface area (Å²) in [4.78, 5) is 29.6. The van der Waals surface area contributed by atoms with Crippen LogP contribution in [0.15, 0.2) is 59.4 Å². The minimum Gasteiger partial charge on any atom is -0.337 e. The van der Waals surface area contributed by atoms with Gasteiger partial charge in [0.15, 0.2) is 0 Å². The fraction of sp³-hybridized carbons (Fsp3) is 0.364. The molecule has 7 nitrogen and oxygen atoms in total. The van der Waals surface area contributed by atoms with E-state index in [0.29, 0.717) is 17.4 Å². The highest BCUT2D eigenvalue weighted by Gasteiger charge is 2.27. The maximum Gasteiger partial charge on any atom is 0.277 e. The van der Waals surface area contributed by atoms with Crippen LogP contribution in [0.5, 0.6) is 0 Å². The Labute approximate surface area is 169 Å². The van der Waals surface area contributed by atoms with Crippen LogP contribution in [0.1, 0.15) is 18.9 Å². The third-order valence-corrected chi connectivity index (χ3v) is 5.45. The van der Waals surface area contributed by atoms with E-state index in [0.717, 1.165) is 19.6 Å². The molecule has 0 bridgehead atoms.